The third-order valence-corrected chi connectivity index (χ3v) is 9.97. The molecule has 0 spiro atoms. The average molecular weight is 818 g/mol. The first kappa shape index (κ1) is 38.9. The average Bonchev–Trinajstić information content (AvgIpc) is 3.62. The lowest BCUT2D eigenvalue weighted by Gasteiger charge is -2.18. The first-order chi connectivity index (χ1) is 26.1. The number of hydrogen-bond donors (Lipinski definition) is 3. The summed E-state index contributed by atoms with van der Waals surface area (Å²) in [5, 5.41) is 21.1. The van der Waals surface area contributed by atoms with E-state index in [4.69, 9.17) is 11.6 Å². The van der Waals surface area contributed by atoms with E-state index in [0.717, 1.165) is 24.5 Å². The summed E-state index contributed by atoms with van der Waals surface area (Å²) in [6.07, 6.45) is -1.10. The Morgan fingerprint density at radius 1 is 1.12 bits per heavy atom. The fourth-order valence-electron chi connectivity index (χ4n) is 6.90. The second-order valence-corrected chi connectivity index (χ2v) is 16.2. The molecule has 2 aliphatic rings. The van der Waals surface area contributed by atoms with E-state index < -0.39 is 75.3 Å². The molecule has 292 valence electrons. The van der Waals surface area contributed by atoms with Crippen LogP contribution in [0.25, 0.3) is 33.8 Å². The molecule has 1 fully saturated rings. The van der Waals surface area contributed by atoms with Gasteiger partial charge >= 0.3 is 0 Å². The molecule has 11 nitrogen and oxygen atoms in total. The van der Waals surface area contributed by atoms with Crippen molar-refractivity contribution in [2.24, 2.45) is 13.0 Å². The predicted octanol–water partition coefficient (Wildman–Crippen LogP) is 6.72. The maximum Gasteiger partial charge on any atom is 0.293 e. The van der Waals surface area contributed by atoms with Gasteiger partial charge in [-0.1, -0.05) is 23.6 Å². The molecule has 3 aromatic heterocycles. The number of nitrogens with one attached hydrogen (secondary N) is 2. The third kappa shape index (κ3) is 7.45. The maximum absolute atomic E-state index is 15.4. The highest BCUT2D eigenvalue weighted by molar-refractivity contribution is 7.92. The number of anilines is 1. The van der Waals surface area contributed by atoms with Crippen LogP contribution in [-0.2, 0) is 34.3 Å². The van der Waals surface area contributed by atoms with Crippen LogP contribution >= 0.6 is 11.6 Å². The van der Waals surface area contributed by atoms with Crippen LogP contribution in [0, 0.1) is 29.4 Å². The lowest BCUT2D eigenvalue weighted by Crippen LogP contribution is -2.30. The van der Waals surface area contributed by atoms with Crippen LogP contribution in [0.1, 0.15) is 66.5 Å². The lowest BCUT2D eigenvalue weighted by molar-refractivity contribution is -0.121. The third-order valence-electron chi connectivity index (χ3n) is 9.09. The summed E-state index contributed by atoms with van der Waals surface area (Å²) in [7, 11) is -2.33. The van der Waals surface area contributed by atoms with Gasteiger partial charge in [0.2, 0.25) is 15.9 Å². The number of benzene rings is 2. The zero-order valence-corrected chi connectivity index (χ0v) is 31.3. The van der Waals surface area contributed by atoms with Crippen LogP contribution in [-0.4, -0.2) is 55.8 Å². The van der Waals surface area contributed by atoms with Crippen LogP contribution in [0.4, 0.5) is 32.2 Å². The van der Waals surface area contributed by atoms with Crippen LogP contribution < -0.4 is 10.0 Å². The number of carbonyl (C=O) groups excluding carboxylic acids is 1. The highest BCUT2D eigenvalue weighted by atomic mass is 35.5. The van der Waals surface area contributed by atoms with Gasteiger partial charge in [-0.25, -0.2) is 31.0 Å². The number of aromatic nitrogens is 5. The largest absolute Gasteiger partial charge is 0.378 e. The molecule has 2 aliphatic carbocycles. The fraction of sp³-hybridized carbons (Fsp3) is 0.297. The number of pyridine rings is 1. The molecule has 2 aromatic carbocycles. The lowest BCUT2D eigenvalue weighted by atomic mass is 9.98. The molecule has 0 aliphatic heterocycles. The van der Waals surface area contributed by atoms with E-state index in [2.05, 4.69) is 37.1 Å². The Morgan fingerprint density at radius 2 is 1.80 bits per heavy atom. The van der Waals surface area contributed by atoms with Crippen molar-refractivity contribution in [2.75, 3.05) is 11.0 Å². The molecule has 7 rings (SSSR count). The minimum absolute atomic E-state index is 0.0102. The van der Waals surface area contributed by atoms with Crippen molar-refractivity contribution in [3.8, 4) is 23.0 Å². The Hall–Kier alpha value is -5.38. The molecule has 56 heavy (non-hydrogen) atoms. The van der Waals surface area contributed by atoms with Gasteiger partial charge < -0.3 is 10.4 Å². The molecule has 1 saturated carbocycles. The van der Waals surface area contributed by atoms with Crippen LogP contribution in [0.15, 0.2) is 42.5 Å². The Bertz CT molecular complexity index is 2660. The van der Waals surface area contributed by atoms with E-state index in [1.165, 1.54) is 43.8 Å². The molecule has 0 saturated heterocycles. The highest BCUT2D eigenvalue weighted by Crippen LogP contribution is 2.68. The minimum Gasteiger partial charge on any atom is -0.378 e. The SMILES string of the molecule is Cn1nc(NS(C)(=O)=O)c2c(Cl)ccc(-c3ccc(C#CC(C)(C)O)nc3/C(=C/c3cc(F)cc(F)c3)NC(=O)Cn3nc(C(F)F)c4c3C(F)(F)[C@@H]3C[C@H]43)c21. The number of alkyl halides is 4. The van der Waals surface area contributed by atoms with Gasteiger partial charge in [-0.15, -0.1) is 0 Å². The molecule has 3 heterocycles. The predicted molar refractivity (Wildman–Crippen MR) is 195 cm³/mol. The number of nitrogens with zero attached hydrogens (tertiary/aromatic N) is 5. The van der Waals surface area contributed by atoms with E-state index in [9.17, 15) is 35.9 Å². The standard InChI is InChI=1S/C37H30ClF6N7O4S/c1-36(2,53)10-9-20-5-6-21(22-7-8-25(38)29-32(22)50(3)48-35(29)49-56(4,54)55)30(45-20)26(13-17-11-18(39)14-19(40)12-17)46-27(52)16-51-33-28(31(47-51)34(41)42)23-15-24(23)37(33,43)44/h5-8,11-14,23-24,34,53H,15-16H2,1-4H3,(H,46,52)(H,48,49)/b26-13-/t23-,24+/m0/s1. The van der Waals surface area contributed by atoms with Gasteiger partial charge in [0, 0.05) is 35.7 Å². The topological polar surface area (TPSA) is 144 Å². The fourth-order valence-corrected chi connectivity index (χ4v) is 7.64. The van der Waals surface area contributed by atoms with Gasteiger partial charge in [0.1, 0.15) is 40.9 Å². The summed E-state index contributed by atoms with van der Waals surface area (Å²) in [5.74, 6) is -3.28. The van der Waals surface area contributed by atoms with E-state index in [-0.39, 0.29) is 61.9 Å². The molecular formula is C37H30ClF6N7O4S. The van der Waals surface area contributed by atoms with Crippen molar-refractivity contribution >= 4 is 56.0 Å². The molecule has 3 N–H and O–H groups in total. The van der Waals surface area contributed by atoms with Gasteiger partial charge in [0.15, 0.2) is 5.82 Å². The molecular weight excluding hydrogens is 788 g/mol. The smallest absolute Gasteiger partial charge is 0.293 e. The first-order valence-electron chi connectivity index (χ1n) is 16.8. The number of aryl methyl sites for hydroxylation is 1. The number of fused-ring (bicyclic) bond motifs is 4. The van der Waals surface area contributed by atoms with Crippen molar-refractivity contribution in [2.45, 2.75) is 50.7 Å². The maximum atomic E-state index is 15.4. The normalized spacial score (nSPS) is 17.4. The quantitative estimate of drug-likeness (QED) is 0.111. The molecule has 1 amide bonds. The second-order valence-electron chi connectivity index (χ2n) is 14.1. The zero-order chi connectivity index (χ0) is 40.6. The van der Waals surface area contributed by atoms with Gasteiger partial charge in [0.25, 0.3) is 12.3 Å². The minimum atomic E-state index is -3.84. The van der Waals surface area contributed by atoms with E-state index in [1.54, 1.807) is 6.07 Å². The number of rotatable bonds is 9. The number of halogens is 7. The summed E-state index contributed by atoms with van der Waals surface area (Å²) in [6.45, 7) is 1.89. The van der Waals surface area contributed by atoms with E-state index in [1.807, 2.05) is 0 Å². The van der Waals surface area contributed by atoms with E-state index in [0.29, 0.717) is 16.3 Å². The molecule has 19 heteroatoms. The van der Waals surface area contributed by atoms with Gasteiger partial charge in [-0.2, -0.15) is 19.0 Å². The highest BCUT2D eigenvalue weighted by Gasteiger charge is 2.67. The van der Waals surface area contributed by atoms with Crippen molar-refractivity contribution < 1.29 is 44.7 Å². The summed E-state index contributed by atoms with van der Waals surface area (Å²) in [6, 6.07) is 8.49. The number of sulfonamides is 1. The molecule has 0 unspecified atom stereocenters. The number of carbonyl (C=O) groups is 1. The summed E-state index contributed by atoms with van der Waals surface area (Å²) in [5.41, 5.74) is -3.03. The molecule has 0 bridgehead atoms. The van der Waals surface area contributed by atoms with Crippen LogP contribution in [0.3, 0.4) is 0 Å². The Kier molecular flexibility index (Phi) is 9.49. The monoisotopic (exact) mass is 817 g/mol. The Morgan fingerprint density at radius 3 is 2.45 bits per heavy atom. The molecule has 0 radical (unpaired) electrons. The van der Waals surface area contributed by atoms with Crippen molar-refractivity contribution in [1.29, 1.82) is 0 Å². The number of amides is 1. The second kappa shape index (κ2) is 13.7. The summed E-state index contributed by atoms with van der Waals surface area (Å²) in [4.78, 5) is 18.5. The van der Waals surface area contributed by atoms with Gasteiger partial charge in [-0.05, 0) is 74.1 Å². The Labute approximate surface area is 320 Å². The van der Waals surface area contributed by atoms with Gasteiger partial charge in [0.05, 0.1) is 33.6 Å². The van der Waals surface area contributed by atoms with Crippen molar-refractivity contribution in [3.05, 3.63) is 93.0 Å². The van der Waals surface area contributed by atoms with Gasteiger partial charge in [-0.3, -0.25) is 18.9 Å². The number of hydrogen-bond acceptors (Lipinski definition) is 7. The first-order valence-corrected chi connectivity index (χ1v) is 19.0. The van der Waals surface area contributed by atoms with Crippen molar-refractivity contribution in [1.82, 2.24) is 29.9 Å². The molecule has 5 aromatic rings. The summed E-state index contributed by atoms with van der Waals surface area (Å²) >= 11 is 6.56. The zero-order valence-electron chi connectivity index (χ0n) is 29.7. The molecule has 2 atom stereocenters. The van der Waals surface area contributed by atoms with Crippen LogP contribution in [0.5, 0.6) is 0 Å². The Balaban J connectivity index is 1.42. The van der Waals surface area contributed by atoms with Crippen molar-refractivity contribution in [3.63, 3.8) is 0 Å². The van der Waals surface area contributed by atoms with E-state index >= 15 is 8.78 Å². The number of aliphatic hydroxyl groups is 1. The summed E-state index contributed by atoms with van der Waals surface area (Å²) < 4.78 is 116. The van der Waals surface area contributed by atoms with Crippen LogP contribution in [0.2, 0.25) is 5.02 Å².